The highest BCUT2D eigenvalue weighted by atomic mass is 35.5. The first kappa shape index (κ1) is 13.3. The number of amides is 1. The SMILES string of the molecule is CC1(C(=O)Nc2cc(Cl)ccc2F)CCCNC1. The van der Waals surface area contributed by atoms with Gasteiger partial charge in [-0.25, -0.2) is 4.39 Å². The van der Waals surface area contributed by atoms with Gasteiger partial charge in [0.2, 0.25) is 5.91 Å². The van der Waals surface area contributed by atoms with Crippen LogP contribution in [-0.4, -0.2) is 19.0 Å². The average molecular weight is 271 g/mol. The Labute approximate surface area is 111 Å². The van der Waals surface area contributed by atoms with Gasteiger partial charge in [0.25, 0.3) is 0 Å². The topological polar surface area (TPSA) is 41.1 Å². The number of piperidine rings is 1. The number of hydrogen-bond donors (Lipinski definition) is 2. The fourth-order valence-corrected chi connectivity index (χ4v) is 2.29. The fourth-order valence-electron chi connectivity index (χ4n) is 2.12. The molecule has 1 fully saturated rings. The van der Waals surface area contributed by atoms with Crippen molar-refractivity contribution in [2.24, 2.45) is 5.41 Å². The van der Waals surface area contributed by atoms with Crippen molar-refractivity contribution in [1.29, 1.82) is 0 Å². The van der Waals surface area contributed by atoms with E-state index in [0.29, 0.717) is 11.6 Å². The molecule has 0 aromatic heterocycles. The standard InChI is InChI=1S/C13H16ClFN2O/c1-13(5-2-6-16-8-13)12(18)17-11-7-9(14)3-4-10(11)15/h3-4,7,16H,2,5-6,8H2,1H3,(H,17,18). The number of benzene rings is 1. The monoisotopic (exact) mass is 270 g/mol. The van der Waals surface area contributed by atoms with Crippen LogP contribution in [0.3, 0.4) is 0 Å². The van der Waals surface area contributed by atoms with Gasteiger partial charge < -0.3 is 10.6 Å². The van der Waals surface area contributed by atoms with Gasteiger partial charge in [0.05, 0.1) is 11.1 Å². The maximum absolute atomic E-state index is 13.5. The summed E-state index contributed by atoms with van der Waals surface area (Å²) in [5.41, 5.74) is -0.355. The van der Waals surface area contributed by atoms with Crippen molar-refractivity contribution < 1.29 is 9.18 Å². The van der Waals surface area contributed by atoms with Crippen LogP contribution in [0.15, 0.2) is 18.2 Å². The molecule has 1 amide bonds. The van der Waals surface area contributed by atoms with Gasteiger partial charge >= 0.3 is 0 Å². The van der Waals surface area contributed by atoms with E-state index < -0.39 is 11.2 Å². The number of carbonyl (C=O) groups excluding carboxylic acids is 1. The van der Waals surface area contributed by atoms with Crippen molar-refractivity contribution in [3.8, 4) is 0 Å². The molecule has 2 rings (SSSR count). The number of carbonyl (C=O) groups is 1. The number of halogens is 2. The van der Waals surface area contributed by atoms with Crippen LogP contribution in [0, 0.1) is 11.2 Å². The van der Waals surface area contributed by atoms with Crippen molar-refractivity contribution in [2.45, 2.75) is 19.8 Å². The van der Waals surface area contributed by atoms with Crippen molar-refractivity contribution in [3.05, 3.63) is 29.0 Å². The molecule has 0 aliphatic carbocycles. The molecule has 1 aliphatic heterocycles. The van der Waals surface area contributed by atoms with Crippen molar-refractivity contribution >= 4 is 23.2 Å². The summed E-state index contributed by atoms with van der Waals surface area (Å²) in [6, 6.07) is 4.13. The Hall–Kier alpha value is -1.13. The minimum Gasteiger partial charge on any atom is -0.323 e. The van der Waals surface area contributed by atoms with E-state index >= 15 is 0 Å². The lowest BCUT2D eigenvalue weighted by atomic mass is 9.82. The highest BCUT2D eigenvalue weighted by Crippen LogP contribution is 2.28. The Balaban J connectivity index is 2.13. The van der Waals surface area contributed by atoms with E-state index in [4.69, 9.17) is 11.6 Å². The van der Waals surface area contributed by atoms with Gasteiger partial charge in [0.15, 0.2) is 0 Å². The molecule has 1 aromatic rings. The van der Waals surface area contributed by atoms with Crippen LogP contribution in [0.1, 0.15) is 19.8 Å². The first-order chi connectivity index (χ1) is 8.51. The molecule has 98 valence electrons. The first-order valence-corrected chi connectivity index (χ1v) is 6.36. The van der Waals surface area contributed by atoms with Crippen LogP contribution in [0.4, 0.5) is 10.1 Å². The molecule has 1 aromatic carbocycles. The lowest BCUT2D eigenvalue weighted by Gasteiger charge is -2.32. The Morgan fingerprint density at radius 2 is 2.33 bits per heavy atom. The van der Waals surface area contributed by atoms with E-state index in [2.05, 4.69) is 10.6 Å². The Bertz CT molecular complexity index is 458. The fraction of sp³-hybridized carbons (Fsp3) is 0.462. The minimum atomic E-state index is -0.493. The molecule has 0 saturated carbocycles. The second-order valence-electron chi connectivity index (χ2n) is 4.92. The Morgan fingerprint density at radius 3 is 3.00 bits per heavy atom. The van der Waals surface area contributed by atoms with Gasteiger partial charge in [0.1, 0.15) is 5.82 Å². The highest BCUT2D eigenvalue weighted by Gasteiger charge is 2.34. The lowest BCUT2D eigenvalue weighted by molar-refractivity contribution is -0.125. The summed E-state index contributed by atoms with van der Waals surface area (Å²) >= 11 is 5.79. The van der Waals surface area contributed by atoms with Gasteiger partial charge in [-0.1, -0.05) is 11.6 Å². The van der Waals surface area contributed by atoms with Crippen LogP contribution in [0.25, 0.3) is 0 Å². The van der Waals surface area contributed by atoms with Gasteiger partial charge in [-0.3, -0.25) is 4.79 Å². The van der Waals surface area contributed by atoms with Crippen molar-refractivity contribution in [1.82, 2.24) is 5.32 Å². The molecule has 1 aliphatic rings. The zero-order chi connectivity index (χ0) is 13.2. The van der Waals surface area contributed by atoms with E-state index in [9.17, 15) is 9.18 Å². The summed E-state index contributed by atoms with van der Waals surface area (Å²) in [5, 5.41) is 6.21. The lowest BCUT2D eigenvalue weighted by Crippen LogP contribution is -2.46. The molecule has 3 nitrogen and oxygen atoms in total. The second kappa shape index (κ2) is 5.24. The molecule has 18 heavy (non-hydrogen) atoms. The molecule has 1 atom stereocenters. The quantitative estimate of drug-likeness (QED) is 0.868. The Morgan fingerprint density at radius 1 is 1.56 bits per heavy atom. The maximum atomic E-state index is 13.5. The third-order valence-electron chi connectivity index (χ3n) is 3.32. The summed E-state index contributed by atoms with van der Waals surface area (Å²) in [6.07, 6.45) is 1.75. The van der Waals surface area contributed by atoms with Crippen LogP contribution in [0.2, 0.25) is 5.02 Å². The van der Waals surface area contributed by atoms with Gasteiger partial charge in [0, 0.05) is 11.6 Å². The molecule has 1 heterocycles. The predicted molar refractivity (Wildman–Crippen MR) is 70.3 cm³/mol. The van der Waals surface area contributed by atoms with E-state index in [-0.39, 0.29) is 11.6 Å². The number of nitrogens with one attached hydrogen (secondary N) is 2. The third kappa shape index (κ3) is 2.82. The first-order valence-electron chi connectivity index (χ1n) is 5.98. The summed E-state index contributed by atoms with van der Waals surface area (Å²) in [7, 11) is 0. The number of hydrogen-bond acceptors (Lipinski definition) is 2. The summed E-state index contributed by atoms with van der Waals surface area (Å²) in [6.45, 7) is 3.42. The van der Waals surface area contributed by atoms with Crippen LogP contribution < -0.4 is 10.6 Å². The molecule has 2 N–H and O–H groups in total. The van der Waals surface area contributed by atoms with Gasteiger partial charge in [-0.05, 0) is 44.5 Å². The second-order valence-corrected chi connectivity index (χ2v) is 5.36. The normalized spacial score (nSPS) is 23.7. The molecule has 5 heteroatoms. The van der Waals surface area contributed by atoms with Crippen LogP contribution in [0.5, 0.6) is 0 Å². The van der Waals surface area contributed by atoms with E-state index in [0.717, 1.165) is 19.4 Å². The molecular weight excluding hydrogens is 255 g/mol. The maximum Gasteiger partial charge on any atom is 0.231 e. The largest absolute Gasteiger partial charge is 0.323 e. The van der Waals surface area contributed by atoms with Gasteiger partial charge in [-0.2, -0.15) is 0 Å². The average Bonchev–Trinajstić information content (AvgIpc) is 2.35. The summed E-state index contributed by atoms with van der Waals surface area (Å²) in [4.78, 5) is 12.2. The van der Waals surface area contributed by atoms with Gasteiger partial charge in [-0.15, -0.1) is 0 Å². The summed E-state index contributed by atoms with van der Waals surface area (Å²) < 4.78 is 13.5. The number of anilines is 1. The van der Waals surface area contributed by atoms with E-state index in [1.807, 2.05) is 6.92 Å². The number of rotatable bonds is 2. The van der Waals surface area contributed by atoms with Crippen LogP contribution in [-0.2, 0) is 4.79 Å². The Kier molecular flexibility index (Phi) is 3.88. The smallest absolute Gasteiger partial charge is 0.231 e. The molecule has 1 saturated heterocycles. The molecule has 1 unspecified atom stereocenters. The van der Waals surface area contributed by atoms with Crippen molar-refractivity contribution in [2.75, 3.05) is 18.4 Å². The zero-order valence-corrected chi connectivity index (χ0v) is 11.0. The molecule has 0 radical (unpaired) electrons. The molecule has 0 spiro atoms. The van der Waals surface area contributed by atoms with Crippen molar-refractivity contribution in [3.63, 3.8) is 0 Å². The molecule has 0 bridgehead atoms. The predicted octanol–water partition coefficient (Wildman–Crippen LogP) is 2.81. The van der Waals surface area contributed by atoms with E-state index in [1.165, 1.54) is 18.2 Å². The third-order valence-corrected chi connectivity index (χ3v) is 3.56. The minimum absolute atomic E-state index is 0.138. The van der Waals surface area contributed by atoms with Crippen LogP contribution >= 0.6 is 11.6 Å². The van der Waals surface area contributed by atoms with E-state index in [1.54, 1.807) is 0 Å². The molecular formula is C13H16ClFN2O. The zero-order valence-electron chi connectivity index (χ0n) is 10.2. The highest BCUT2D eigenvalue weighted by molar-refractivity contribution is 6.30. The summed E-state index contributed by atoms with van der Waals surface area (Å²) in [5.74, 6) is -0.643.